The van der Waals surface area contributed by atoms with E-state index < -0.39 is 54.5 Å². The van der Waals surface area contributed by atoms with Gasteiger partial charge in [0.2, 0.25) is 17.7 Å². The second-order valence-electron chi connectivity index (χ2n) is 6.92. The van der Waals surface area contributed by atoms with Gasteiger partial charge in [-0.05, 0) is 12.8 Å². The number of H-pyrrole nitrogens is 1. The summed E-state index contributed by atoms with van der Waals surface area (Å²) in [5.74, 6) is -3.54. The van der Waals surface area contributed by atoms with Crippen LogP contribution in [0.1, 0.15) is 26.5 Å². The standard InChI is InChI=1S/C17H28N6O6/c1-8(2)13(18)16(27)21-9(3)14(25)22-11(4-10-5-19-7-20-10)15(26)23-12(6-24)17(28)29/h5,7-9,11-13,24H,4,6,18H2,1-3H3,(H,19,20)(H,21,27)(H,22,25)(H,23,26)(H,28,29). The van der Waals surface area contributed by atoms with E-state index in [0.29, 0.717) is 5.69 Å². The Morgan fingerprint density at radius 1 is 1.07 bits per heavy atom. The minimum atomic E-state index is -1.52. The van der Waals surface area contributed by atoms with E-state index >= 15 is 0 Å². The number of carboxylic acids is 1. The number of aromatic nitrogens is 2. The van der Waals surface area contributed by atoms with E-state index in [-0.39, 0.29) is 12.3 Å². The van der Waals surface area contributed by atoms with Crippen LogP contribution in [-0.4, -0.2) is 74.6 Å². The number of aliphatic hydroxyl groups is 1. The number of rotatable bonds is 11. The fourth-order valence-corrected chi connectivity index (χ4v) is 2.26. The second kappa shape index (κ2) is 11.1. The topological polar surface area (TPSA) is 200 Å². The number of hydrogen-bond donors (Lipinski definition) is 7. The second-order valence-corrected chi connectivity index (χ2v) is 6.92. The van der Waals surface area contributed by atoms with Crippen molar-refractivity contribution in [3.63, 3.8) is 0 Å². The molecule has 0 bridgehead atoms. The van der Waals surface area contributed by atoms with Crippen molar-refractivity contribution in [3.05, 3.63) is 18.2 Å². The maximum Gasteiger partial charge on any atom is 0.328 e. The molecule has 0 saturated heterocycles. The van der Waals surface area contributed by atoms with Gasteiger partial charge in [-0.1, -0.05) is 13.8 Å². The van der Waals surface area contributed by atoms with E-state index in [1.807, 2.05) is 0 Å². The number of aromatic amines is 1. The molecule has 0 spiro atoms. The number of aliphatic carboxylic acids is 1. The maximum absolute atomic E-state index is 12.5. The SMILES string of the molecule is CC(NC(=O)C(N)C(C)C)C(=O)NC(Cc1cnc[nH]1)C(=O)NC(CO)C(=O)O. The maximum atomic E-state index is 12.5. The summed E-state index contributed by atoms with van der Waals surface area (Å²) in [6.07, 6.45) is 2.82. The Balaban J connectivity index is 2.84. The number of nitrogens with two attached hydrogens (primary N) is 1. The lowest BCUT2D eigenvalue weighted by atomic mass is 10.0. The highest BCUT2D eigenvalue weighted by molar-refractivity contribution is 5.94. The van der Waals surface area contributed by atoms with Crippen molar-refractivity contribution in [2.75, 3.05) is 6.61 Å². The highest BCUT2D eigenvalue weighted by atomic mass is 16.4. The van der Waals surface area contributed by atoms with Crippen molar-refractivity contribution in [1.29, 1.82) is 0 Å². The Labute approximate surface area is 167 Å². The first-order valence-corrected chi connectivity index (χ1v) is 9.04. The third-order valence-corrected chi connectivity index (χ3v) is 4.18. The Hall–Kier alpha value is -2.99. The monoisotopic (exact) mass is 412 g/mol. The molecule has 0 aromatic carbocycles. The largest absolute Gasteiger partial charge is 0.480 e. The van der Waals surface area contributed by atoms with Crippen LogP contribution in [0.3, 0.4) is 0 Å². The first kappa shape index (κ1) is 24.0. The number of carbonyl (C=O) groups excluding carboxylic acids is 3. The predicted octanol–water partition coefficient (Wildman–Crippen LogP) is -2.51. The van der Waals surface area contributed by atoms with Gasteiger partial charge >= 0.3 is 5.97 Å². The summed E-state index contributed by atoms with van der Waals surface area (Å²) in [5, 5.41) is 25.2. The smallest absolute Gasteiger partial charge is 0.328 e. The van der Waals surface area contributed by atoms with Crippen LogP contribution in [0.4, 0.5) is 0 Å². The van der Waals surface area contributed by atoms with E-state index in [4.69, 9.17) is 15.9 Å². The van der Waals surface area contributed by atoms with E-state index in [1.54, 1.807) is 13.8 Å². The first-order valence-electron chi connectivity index (χ1n) is 9.04. The van der Waals surface area contributed by atoms with Crippen LogP contribution >= 0.6 is 0 Å². The van der Waals surface area contributed by atoms with Gasteiger partial charge in [0.25, 0.3) is 0 Å². The fraction of sp³-hybridized carbons (Fsp3) is 0.588. The summed E-state index contributed by atoms with van der Waals surface area (Å²) < 4.78 is 0. The third-order valence-electron chi connectivity index (χ3n) is 4.18. The molecule has 0 aliphatic carbocycles. The summed E-state index contributed by atoms with van der Waals surface area (Å²) in [6.45, 7) is 4.14. The normalized spacial score (nSPS) is 15.1. The quantitative estimate of drug-likeness (QED) is 0.206. The van der Waals surface area contributed by atoms with Crippen molar-refractivity contribution in [2.24, 2.45) is 11.7 Å². The van der Waals surface area contributed by atoms with Crippen LogP contribution in [-0.2, 0) is 25.6 Å². The average Bonchev–Trinajstić information content (AvgIpc) is 3.17. The molecule has 0 aliphatic rings. The van der Waals surface area contributed by atoms with Gasteiger partial charge < -0.3 is 36.9 Å². The fourth-order valence-electron chi connectivity index (χ4n) is 2.26. The molecule has 29 heavy (non-hydrogen) atoms. The Morgan fingerprint density at radius 3 is 2.17 bits per heavy atom. The van der Waals surface area contributed by atoms with Gasteiger partial charge in [0, 0.05) is 18.3 Å². The van der Waals surface area contributed by atoms with Gasteiger partial charge in [0.05, 0.1) is 19.0 Å². The zero-order valence-corrected chi connectivity index (χ0v) is 16.5. The van der Waals surface area contributed by atoms with Gasteiger partial charge in [0.1, 0.15) is 18.1 Å². The summed E-state index contributed by atoms with van der Waals surface area (Å²) >= 11 is 0. The zero-order valence-electron chi connectivity index (χ0n) is 16.5. The highest BCUT2D eigenvalue weighted by Gasteiger charge is 2.29. The summed E-state index contributed by atoms with van der Waals surface area (Å²) in [4.78, 5) is 54.6. The van der Waals surface area contributed by atoms with Crippen LogP contribution < -0.4 is 21.7 Å². The number of amides is 3. The van der Waals surface area contributed by atoms with Gasteiger partial charge in [-0.15, -0.1) is 0 Å². The molecule has 4 atom stereocenters. The van der Waals surface area contributed by atoms with Crippen LogP contribution in [0.25, 0.3) is 0 Å². The van der Waals surface area contributed by atoms with Gasteiger partial charge in [-0.3, -0.25) is 14.4 Å². The Bertz CT molecular complexity index is 707. The van der Waals surface area contributed by atoms with Crippen molar-refractivity contribution in [1.82, 2.24) is 25.9 Å². The minimum Gasteiger partial charge on any atom is -0.480 e. The number of carbonyl (C=O) groups is 4. The van der Waals surface area contributed by atoms with Crippen LogP contribution in [0.2, 0.25) is 0 Å². The van der Waals surface area contributed by atoms with Crippen LogP contribution in [0.5, 0.6) is 0 Å². The molecule has 1 aromatic rings. The number of nitrogens with zero attached hydrogens (tertiary/aromatic N) is 1. The van der Waals surface area contributed by atoms with Crippen molar-refractivity contribution in [2.45, 2.75) is 51.4 Å². The molecular weight excluding hydrogens is 384 g/mol. The summed E-state index contributed by atoms with van der Waals surface area (Å²) in [6, 6.07) is -4.48. The third kappa shape index (κ3) is 7.50. The molecule has 0 radical (unpaired) electrons. The lowest BCUT2D eigenvalue weighted by Gasteiger charge is -2.23. The molecule has 3 amide bonds. The lowest BCUT2D eigenvalue weighted by molar-refractivity contribution is -0.143. The molecule has 4 unspecified atom stereocenters. The number of hydrogen-bond acceptors (Lipinski definition) is 7. The first-order chi connectivity index (χ1) is 13.6. The van der Waals surface area contributed by atoms with Crippen molar-refractivity contribution in [3.8, 4) is 0 Å². The molecule has 0 saturated carbocycles. The van der Waals surface area contributed by atoms with E-state index in [1.165, 1.54) is 19.4 Å². The van der Waals surface area contributed by atoms with Crippen molar-refractivity contribution >= 4 is 23.7 Å². The Morgan fingerprint density at radius 2 is 1.69 bits per heavy atom. The van der Waals surface area contributed by atoms with Crippen molar-refractivity contribution < 1.29 is 29.4 Å². The van der Waals surface area contributed by atoms with Crippen LogP contribution in [0.15, 0.2) is 12.5 Å². The number of nitrogens with one attached hydrogen (secondary N) is 4. The molecule has 1 heterocycles. The highest BCUT2D eigenvalue weighted by Crippen LogP contribution is 2.02. The average molecular weight is 412 g/mol. The molecule has 8 N–H and O–H groups in total. The molecular formula is C17H28N6O6. The van der Waals surface area contributed by atoms with Gasteiger partial charge in [0.15, 0.2) is 0 Å². The zero-order chi connectivity index (χ0) is 22.1. The van der Waals surface area contributed by atoms with Gasteiger partial charge in [-0.2, -0.15) is 0 Å². The molecule has 0 fully saturated rings. The van der Waals surface area contributed by atoms with Gasteiger partial charge in [-0.25, -0.2) is 9.78 Å². The predicted molar refractivity (Wildman–Crippen MR) is 101 cm³/mol. The number of carboxylic acid groups (broad SMARTS) is 1. The van der Waals surface area contributed by atoms with Crippen LogP contribution in [0, 0.1) is 5.92 Å². The molecule has 12 nitrogen and oxygen atoms in total. The molecule has 0 aliphatic heterocycles. The number of aliphatic hydroxyl groups excluding tert-OH is 1. The molecule has 162 valence electrons. The molecule has 12 heteroatoms. The molecule has 1 rings (SSSR count). The van der Waals surface area contributed by atoms with E-state index in [9.17, 15) is 19.2 Å². The van der Waals surface area contributed by atoms with E-state index in [2.05, 4.69) is 25.9 Å². The summed E-state index contributed by atoms with van der Waals surface area (Å²) in [5.41, 5.74) is 6.26. The summed E-state index contributed by atoms with van der Waals surface area (Å²) in [7, 11) is 0. The Kier molecular flexibility index (Phi) is 9.22. The van der Waals surface area contributed by atoms with E-state index in [0.717, 1.165) is 0 Å². The lowest BCUT2D eigenvalue weighted by Crippen LogP contribution is -2.57. The minimum absolute atomic E-state index is 0.0124. The number of imidazole rings is 1. The molecule has 1 aromatic heterocycles.